The molecular weight excluding hydrogens is 157 g/mol. The minimum atomic E-state index is -0.347. The van der Waals surface area contributed by atoms with Crippen molar-refractivity contribution in [3.63, 3.8) is 0 Å². The summed E-state index contributed by atoms with van der Waals surface area (Å²) in [6.45, 7) is 1.86. The van der Waals surface area contributed by atoms with Gasteiger partial charge in [-0.15, -0.1) is 0 Å². The van der Waals surface area contributed by atoms with E-state index in [0.29, 0.717) is 17.7 Å². The van der Waals surface area contributed by atoms with Gasteiger partial charge in [-0.1, -0.05) is 6.92 Å². The molecule has 2 nitrogen and oxygen atoms in total. The minimum Gasteiger partial charge on any atom is -0.494 e. The maximum atomic E-state index is 13.3. The summed E-state index contributed by atoms with van der Waals surface area (Å²) < 4.78 is 18.1. The van der Waals surface area contributed by atoms with E-state index in [1.807, 2.05) is 6.92 Å². The Kier molecular flexibility index (Phi) is 2.53. The van der Waals surface area contributed by atoms with Gasteiger partial charge in [-0.2, -0.15) is 0 Å². The van der Waals surface area contributed by atoms with Crippen LogP contribution >= 0.6 is 0 Å². The van der Waals surface area contributed by atoms with E-state index in [2.05, 4.69) is 0 Å². The molecule has 0 bridgehead atoms. The molecule has 0 saturated heterocycles. The molecule has 0 radical (unpaired) electrons. The van der Waals surface area contributed by atoms with Gasteiger partial charge in [-0.05, 0) is 18.6 Å². The molecule has 1 aromatic rings. The van der Waals surface area contributed by atoms with Crippen LogP contribution in [0.1, 0.15) is 12.5 Å². The number of methoxy groups -OCH3 is 1. The highest BCUT2D eigenvalue weighted by Crippen LogP contribution is 2.25. The molecule has 0 amide bonds. The fourth-order valence-corrected chi connectivity index (χ4v) is 1.13. The zero-order valence-electron chi connectivity index (χ0n) is 7.23. The first-order valence-corrected chi connectivity index (χ1v) is 3.81. The maximum absolute atomic E-state index is 13.3. The van der Waals surface area contributed by atoms with Crippen molar-refractivity contribution in [2.75, 3.05) is 12.8 Å². The molecule has 2 N–H and O–H groups in total. The lowest BCUT2D eigenvalue weighted by Crippen LogP contribution is -1.99. The minimum absolute atomic E-state index is 0.251. The SMILES string of the molecule is CCc1c(N)ccc(OC)c1F. The number of nitrogen functional groups attached to an aromatic ring is 1. The van der Waals surface area contributed by atoms with Gasteiger partial charge in [0, 0.05) is 11.3 Å². The number of anilines is 1. The van der Waals surface area contributed by atoms with E-state index < -0.39 is 0 Å². The van der Waals surface area contributed by atoms with Gasteiger partial charge in [-0.25, -0.2) is 4.39 Å². The summed E-state index contributed by atoms with van der Waals surface area (Å²) in [7, 11) is 1.44. The van der Waals surface area contributed by atoms with Crippen molar-refractivity contribution in [1.29, 1.82) is 0 Å². The van der Waals surface area contributed by atoms with Crippen LogP contribution in [0.25, 0.3) is 0 Å². The first-order valence-electron chi connectivity index (χ1n) is 3.81. The molecule has 0 atom stereocenters. The Morgan fingerprint density at radius 3 is 2.67 bits per heavy atom. The summed E-state index contributed by atoms with van der Waals surface area (Å²) in [6, 6.07) is 3.19. The average Bonchev–Trinajstić information content (AvgIpc) is 2.06. The van der Waals surface area contributed by atoms with Gasteiger partial charge in [0.05, 0.1) is 7.11 Å². The van der Waals surface area contributed by atoms with E-state index in [0.717, 1.165) is 0 Å². The Balaban J connectivity index is 3.24. The maximum Gasteiger partial charge on any atom is 0.170 e. The zero-order valence-corrected chi connectivity index (χ0v) is 7.23. The number of hydrogen-bond acceptors (Lipinski definition) is 2. The van der Waals surface area contributed by atoms with E-state index in [9.17, 15) is 4.39 Å². The second-order valence-electron chi connectivity index (χ2n) is 2.50. The van der Waals surface area contributed by atoms with Crippen molar-refractivity contribution < 1.29 is 9.13 Å². The molecule has 0 aliphatic rings. The quantitative estimate of drug-likeness (QED) is 0.687. The van der Waals surface area contributed by atoms with Crippen LogP contribution in [0.3, 0.4) is 0 Å². The van der Waals surface area contributed by atoms with Gasteiger partial charge in [-0.3, -0.25) is 0 Å². The Bertz CT molecular complexity index is 286. The summed E-state index contributed by atoms with van der Waals surface area (Å²) in [6.07, 6.45) is 0.578. The fraction of sp³-hybridized carbons (Fsp3) is 0.333. The lowest BCUT2D eigenvalue weighted by Gasteiger charge is -2.07. The van der Waals surface area contributed by atoms with Crippen LogP contribution in [-0.2, 0) is 6.42 Å². The summed E-state index contributed by atoms with van der Waals surface area (Å²) in [4.78, 5) is 0. The number of benzene rings is 1. The van der Waals surface area contributed by atoms with Gasteiger partial charge < -0.3 is 10.5 Å². The van der Waals surface area contributed by atoms with Crippen LogP contribution < -0.4 is 10.5 Å². The molecule has 1 rings (SSSR count). The third-order valence-corrected chi connectivity index (χ3v) is 1.82. The van der Waals surface area contributed by atoms with Crippen molar-refractivity contribution >= 4 is 5.69 Å². The zero-order chi connectivity index (χ0) is 9.14. The van der Waals surface area contributed by atoms with E-state index >= 15 is 0 Å². The van der Waals surface area contributed by atoms with E-state index in [-0.39, 0.29) is 11.6 Å². The predicted octanol–water partition coefficient (Wildman–Crippen LogP) is 1.98. The number of rotatable bonds is 2. The number of ether oxygens (including phenoxy) is 1. The summed E-state index contributed by atoms with van der Waals surface area (Å²) >= 11 is 0. The molecule has 0 spiro atoms. The van der Waals surface area contributed by atoms with Crippen LogP contribution in [0, 0.1) is 5.82 Å². The summed E-state index contributed by atoms with van der Waals surface area (Å²) in [5.41, 5.74) is 6.56. The van der Waals surface area contributed by atoms with Crippen LogP contribution in [0.15, 0.2) is 12.1 Å². The monoisotopic (exact) mass is 169 g/mol. The third kappa shape index (κ3) is 1.35. The molecule has 66 valence electrons. The van der Waals surface area contributed by atoms with Gasteiger partial charge >= 0.3 is 0 Å². The van der Waals surface area contributed by atoms with E-state index in [4.69, 9.17) is 10.5 Å². The highest BCUT2D eigenvalue weighted by atomic mass is 19.1. The highest BCUT2D eigenvalue weighted by Gasteiger charge is 2.09. The first kappa shape index (κ1) is 8.84. The molecule has 0 unspecified atom stereocenters. The van der Waals surface area contributed by atoms with Crippen LogP contribution in [-0.4, -0.2) is 7.11 Å². The number of nitrogens with two attached hydrogens (primary N) is 1. The van der Waals surface area contributed by atoms with Crippen molar-refractivity contribution in [2.45, 2.75) is 13.3 Å². The number of hydrogen-bond donors (Lipinski definition) is 1. The fourth-order valence-electron chi connectivity index (χ4n) is 1.13. The molecule has 0 fully saturated rings. The molecule has 12 heavy (non-hydrogen) atoms. The van der Waals surface area contributed by atoms with Gasteiger partial charge in [0.1, 0.15) is 0 Å². The van der Waals surface area contributed by atoms with Crippen LogP contribution in [0.4, 0.5) is 10.1 Å². The van der Waals surface area contributed by atoms with Crippen molar-refractivity contribution in [2.24, 2.45) is 0 Å². The van der Waals surface area contributed by atoms with Gasteiger partial charge in [0.15, 0.2) is 11.6 Å². The molecule has 0 aliphatic carbocycles. The lowest BCUT2D eigenvalue weighted by molar-refractivity contribution is 0.384. The molecule has 0 aromatic heterocycles. The Hall–Kier alpha value is -1.25. The average molecular weight is 169 g/mol. The number of halogens is 1. The highest BCUT2D eigenvalue weighted by molar-refractivity contribution is 5.51. The summed E-state index contributed by atoms with van der Waals surface area (Å²) in [5.74, 6) is -0.0962. The Labute approximate surface area is 71.1 Å². The topological polar surface area (TPSA) is 35.2 Å². The Morgan fingerprint density at radius 1 is 1.50 bits per heavy atom. The third-order valence-electron chi connectivity index (χ3n) is 1.82. The van der Waals surface area contributed by atoms with Crippen molar-refractivity contribution in [1.82, 2.24) is 0 Å². The molecular formula is C9H12FNO. The Morgan fingerprint density at radius 2 is 2.17 bits per heavy atom. The lowest BCUT2D eigenvalue weighted by atomic mass is 10.1. The second-order valence-corrected chi connectivity index (χ2v) is 2.50. The van der Waals surface area contributed by atoms with Crippen LogP contribution in [0.2, 0.25) is 0 Å². The normalized spacial score (nSPS) is 9.92. The van der Waals surface area contributed by atoms with Crippen molar-refractivity contribution in [3.8, 4) is 5.75 Å². The summed E-state index contributed by atoms with van der Waals surface area (Å²) in [5, 5.41) is 0. The molecule has 0 saturated carbocycles. The molecule has 0 aliphatic heterocycles. The van der Waals surface area contributed by atoms with Gasteiger partial charge in [0.25, 0.3) is 0 Å². The first-order chi connectivity index (χ1) is 5.70. The smallest absolute Gasteiger partial charge is 0.170 e. The molecule has 3 heteroatoms. The van der Waals surface area contributed by atoms with Crippen LogP contribution in [0.5, 0.6) is 5.75 Å². The van der Waals surface area contributed by atoms with E-state index in [1.165, 1.54) is 13.2 Å². The largest absolute Gasteiger partial charge is 0.494 e. The molecule has 1 aromatic carbocycles. The standard InChI is InChI=1S/C9H12FNO/c1-3-6-7(11)4-5-8(12-2)9(6)10/h4-5H,3,11H2,1-2H3. The van der Waals surface area contributed by atoms with Gasteiger partial charge in [0.2, 0.25) is 0 Å². The second kappa shape index (κ2) is 3.43. The van der Waals surface area contributed by atoms with Crippen molar-refractivity contribution in [3.05, 3.63) is 23.5 Å². The molecule has 0 heterocycles. The predicted molar refractivity (Wildman–Crippen MR) is 46.7 cm³/mol. The van der Waals surface area contributed by atoms with E-state index in [1.54, 1.807) is 6.07 Å².